The van der Waals surface area contributed by atoms with Crippen molar-refractivity contribution in [1.82, 2.24) is 19.6 Å². The Bertz CT molecular complexity index is 1190. The van der Waals surface area contributed by atoms with Crippen molar-refractivity contribution in [1.29, 1.82) is 0 Å². The third kappa shape index (κ3) is 4.67. The SMILES string of the molecule is Cn1ccc(NC(=O)/C=C/c2cn(Cc3ccccc3Cl)nc2-c2ccccc2)n1. The normalized spacial score (nSPS) is 11.1. The summed E-state index contributed by atoms with van der Waals surface area (Å²) in [6.07, 6.45) is 6.93. The molecule has 0 bridgehead atoms. The third-order valence-electron chi connectivity index (χ3n) is 4.51. The molecule has 0 saturated carbocycles. The summed E-state index contributed by atoms with van der Waals surface area (Å²) in [5.74, 6) is 0.247. The van der Waals surface area contributed by atoms with Crippen molar-refractivity contribution < 1.29 is 4.79 Å². The van der Waals surface area contributed by atoms with Crippen LogP contribution < -0.4 is 5.32 Å². The fraction of sp³-hybridized carbons (Fsp3) is 0.0870. The first kappa shape index (κ1) is 19.7. The number of aryl methyl sites for hydroxylation is 1. The van der Waals surface area contributed by atoms with Crippen molar-refractivity contribution in [3.8, 4) is 11.3 Å². The number of carbonyl (C=O) groups is 1. The van der Waals surface area contributed by atoms with Gasteiger partial charge in [0.2, 0.25) is 5.91 Å². The molecule has 1 amide bonds. The van der Waals surface area contributed by atoms with Crippen LogP contribution in [0.3, 0.4) is 0 Å². The Kier molecular flexibility index (Phi) is 5.77. The van der Waals surface area contributed by atoms with Gasteiger partial charge in [0, 0.05) is 47.7 Å². The summed E-state index contributed by atoms with van der Waals surface area (Å²) < 4.78 is 3.46. The van der Waals surface area contributed by atoms with E-state index < -0.39 is 0 Å². The largest absolute Gasteiger partial charge is 0.306 e. The van der Waals surface area contributed by atoms with E-state index in [2.05, 4.69) is 10.4 Å². The number of anilines is 1. The van der Waals surface area contributed by atoms with Crippen LogP contribution in [-0.4, -0.2) is 25.5 Å². The zero-order valence-electron chi connectivity index (χ0n) is 16.4. The molecular formula is C23H20ClN5O. The van der Waals surface area contributed by atoms with Crippen LogP contribution in [-0.2, 0) is 18.4 Å². The van der Waals surface area contributed by atoms with E-state index in [1.807, 2.05) is 65.5 Å². The molecule has 0 aliphatic heterocycles. The van der Waals surface area contributed by atoms with Crippen LogP contribution in [0.15, 0.2) is 79.1 Å². The number of aromatic nitrogens is 4. The molecule has 2 heterocycles. The van der Waals surface area contributed by atoms with E-state index in [9.17, 15) is 4.79 Å². The molecule has 0 spiro atoms. The van der Waals surface area contributed by atoms with Crippen molar-refractivity contribution >= 4 is 29.4 Å². The molecule has 0 unspecified atom stereocenters. The average Bonchev–Trinajstić information content (AvgIpc) is 3.34. The number of nitrogens with one attached hydrogen (secondary N) is 1. The molecular weight excluding hydrogens is 398 g/mol. The number of benzene rings is 2. The maximum Gasteiger partial charge on any atom is 0.249 e. The van der Waals surface area contributed by atoms with E-state index in [0.717, 1.165) is 22.4 Å². The highest BCUT2D eigenvalue weighted by atomic mass is 35.5. The number of carbonyl (C=O) groups excluding carboxylic acids is 1. The van der Waals surface area contributed by atoms with E-state index in [1.54, 1.807) is 30.1 Å². The Morgan fingerprint density at radius 2 is 1.83 bits per heavy atom. The maximum atomic E-state index is 12.3. The monoisotopic (exact) mass is 417 g/mol. The molecule has 0 fully saturated rings. The van der Waals surface area contributed by atoms with Gasteiger partial charge in [-0.25, -0.2) is 0 Å². The highest BCUT2D eigenvalue weighted by molar-refractivity contribution is 6.31. The summed E-state index contributed by atoms with van der Waals surface area (Å²) in [7, 11) is 1.80. The summed E-state index contributed by atoms with van der Waals surface area (Å²) in [5, 5.41) is 12.3. The minimum Gasteiger partial charge on any atom is -0.306 e. The molecule has 30 heavy (non-hydrogen) atoms. The van der Waals surface area contributed by atoms with Gasteiger partial charge in [-0.2, -0.15) is 10.2 Å². The molecule has 7 heteroatoms. The van der Waals surface area contributed by atoms with Gasteiger partial charge in [-0.3, -0.25) is 14.2 Å². The summed E-state index contributed by atoms with van der Waals surface area (Å²) in [6, 6.07) is 19.3. The lowest BCUT2D eigenvalue weighted by molar-refractivity contribution is -0.111. The fourth-order valence-corrected chi connectivity index (χ4v) is 3.27. The van der Waals surface area contributed by atoms with Gasteiger partial charge in [-0.15, -0.1) is 0 Å². The number of hydrogen-bond acceptors (Lipinski definition) is 3. The lowest BCUT2D eigenvalue weighted by Gasteiger charge is -2.04. The minimum absolute atomic E-state index is 0.258. The van der Waals surface area contributed by atoms with Crippen LogP contribution in [0.4, 0.5) is 5.82 Å². The fourth-order valence-electron chi connectivity index (χ4n) is 3.08. The second-order valence-electron chi connectivity index (χ2n) is 6.79. The predicted octanol–water partition coefficient (Wildman–Crippen LogP) is 4.64. The predicted molar refractivity (Wildman–Crippen MR) is 119 cm³/mol. The van der Waals surface area contributed by atoms with Gasteiger partial charge in [0.15, 0.2) is 5.82 Å². The first-order chi connectivity index (χ1) is 14.6. The van der Waals surface area contributed by atoms with Gasteiger partial charge in [0.05, 0.1) is 12.2 Å². The van der Waals surface area contributed by atoms with Crippen molar-refractivity contribution in [2.24, 2.45) is 7.05 Å². The highest BCUT2D eigenvalue weighted by Crippen LogP contribution is 2.24. The Morgan fingerprint density at radius 1 is 1.07 bits per heavy atom. The summed E-state index contributed by atoms with van der Waals surface area (Å²) in [6.45, 7) is 0.535. The lowest BCUT2D eigenvalue weighted by Crippen LogP contribution is -2.08. The van der Waals surface area contributed by atoms with E-state index in [-0.39, 0.29) is 5.91 Å². The van der Waals surface area contributed by atoms with E-state index in [1.165, 1.54) is 6.08 Å². The van der Waals surface area contributed by atoms with Crippen LogP contribution in [0.25, 0.3) is 17.3 Å². The first-order valence-corrected chi connectivity index (χ1v) is 9.81. The summed E-state index contributed by atoms with van der Waals surface area (Å²) >= 11 is 6.30. The second kappa shape index (κ2) is 8.80. The van der Waals surface area contributed by atoms with Crippen molar-refractivity contribution in [3.63, 3.8) is 0 Å². The van der Waals surface area contributed by atoms with Gasteiger partial charge in [0.25, 0.3) is 0 Å². The van der Waals surface area contributed by atoms with Crippen molar-refractivity contribution in [2.75, 3.05) is 5.32 Å². The van der Waals surface area contributed by atoms with E-state index >= 15 is 0 Å². The number of amides is 1. The maximum absolute atomic E-state index is 12.3. The molecule has 150 valence electrons. The molecule has 4 rings (SSSR count). The highest BCUT2D eigenvalue weighted by Gasteiger charge is 2.11. The van der Waals surface area contributed by atoms with Crippen LogP contribution in [0.1, 0.15) is 11.1 Å². The third-order valence-corrected chi connectivity index (χ3v) is 4.88. The molecule has 1 N–H and O–H groups in total. The number of halogens is 1. The Labute approximate surface area is 179 Å². The molecule has 6 nitrogen and oxygen atoms in total. The zero-order valence-corrected chi connectivity index (χ0v) is 17.1. The number of hydrogen-bond donors (Lipinski definition) is 1. The molecule has 2 aromatic heterocycles. The second-order valence-corrected chi connectivity index (χ2v) is 7.19. The van der Waals surface area contributed by atoms with Crippen LogP contribution >= 0.6 is 11.6 Å². The lowest BCUT2D eigenvalue weighted by atomic mass is 10.1. The van der Waals surface area contributed by atoms with Gasteiger partial charge in [0.1, 0.15) is 0 Å². The first-order valence-electron chi connectivity index (χ1n) is 9.43. The average molecular weight is 418 g/mol. The molecule has 0 radical (unpaired) electrons. The van der Waals surface area contributed by atoms with Crippen LogP contribution in [0.5, 0.6) is 0 Å². The minimum atomic E-state index is -0.258. The van der Waals surface area contributed by atoms with Crippen molar-refractivity contribution in [2.45, 2.75) is 6.54 Å². The van der Waals surface area contributed by atoms with Crippen LogP contribution in [0.2, 0.25) is 5.02 Å². The number of nitrogens with zero attached hydrogens (tertiary/aromatic N) is 4. The smallest absolute Gasteiger partial charge is 0.249 e. The standard InChI is InChI=1S/C23H20ClN5O/c1-28-14-13-21(26-28)25-22(30)12-11-19-16-29(15-18-9-5-6-10-20(18)24)27-23(19)17-7-3-2-4-8-17/h2-14,16H,15H2,1H3,(H,25,26,30)/b12-11+. The Morgan fingerprint density at radius 3 is 2.57 bits per heavy atom. The molecule has 0 saturated heterocycles. The molecule has 0 aliphatic rings. The zero-order chi connectivity index (χ0) is 20.9. The van der Waals surface area contributed by atoms with Gasteiger partial charge >= 0.3 is 0 Å². The van der Waals surface area contributed by atoms with E-state index in [0.29, 0.717) is 17.4 Å². The molecule has 0 aliphatic carbocycles. The topological polar surface area (TPSA) is 64.7 Å². The van der Waals surface area contributed by atoms with Gasteiger partial charge in [-0.05, 0) is 17.7 Å². The van der Waals surface area contributed by atoms with Crippen LogP contribution in [0, 0.1) is 0 Å². The Hall–Kier alpha value is -3.64. The van der Waals surface area contributed by atoms with E-state index in [4.69, 9.17) is 16.7 Å². The summed E-state index contributed by atoms with van der Waals surface area (Å²) in [4.78, 5) is 12.3. The van der Waals surface area contributed by atoms with Crippen molar-refractivity contribution in [3.05, 3.63) is 95.3 Å². The van der Waals surface area contributed by atoms with Gasteiger partial charge < -0.3 is 5.32 Å². The quantitative estimate of drug-likeness (QED) is 0.465. The summed E-state index contributed by atoms with van der Waals surface area (Å²) in [5.41, 5.74) is 3.58. The molecule has 0 atom stereocenters. The number of rotatable bonds is 6. The molecule has 2 aromatic carbocycles. The molecule has 4 aromatic rings. The Balaban J connectivity index is 1.61. The van der Waals surface area contributed by atoms with Gasteiger partial charge in [-0.1, -0.05) is 60.1 Å².